The molecule has 1 aliphatic carbocycles. The van der Waals surface area contributed by atoms with Crippen molar-refractivity contribution in [1.82, 2.24) is 0 Å². The third kappa shape index (κ3) is 1.18. The normalized spacial score (nSPS) is 41.4. The average Bonchev–Trinajstić information content (AvgIpc) is 2.43. The Morgan fingerprint density at radius 1 is 1.80 bits per heavy atom. The minimum absolute atomic E-state index is 0.174. The van der Waals surface area contributed by atoms with Crippen molar-refractivity contribution in [2.45, 2.75) is 32.8 Å². The summed E-state index contributed by atoms with van der Waals surface area (Å²) in [5.74, 6) is 0.689. The average molecular weight is 143 g/mol. The highest BCUT2D eigenvalue weighted by atomic mass is 16.3. The Kier molecular flexibility index (Phi) is 2.02. The van der Waals surface area contributed by atoms with Gasteiger partial charge in [-0.1, -0.05) is 13.8 Å². The van der Waals surface area contributed by atoms with Gasteiger partial charge in [-0.15, -0.1) is 0 Å². The maximum absolute atomic E-state index is 9.54. The Bertz CT molecular complexity index is 126. The van der Waals surface area contributed by atoms with Gasteiger partial charge in [-0.3, -0.25) is 0 Å². The molecule has 0 aromatic carbocycles. The molecule has 3 N–H and O–H groups in total. The van der Waals surface area contributed by atoms with Crippen LogP contribution in [0.2, 0.25) is 0 Å². The third-order valence-corrected chi connectivity index (χ3v) is 2.91. The van der Waals surface area contributed by atoms with Crippen molar-refractivity contribution in [2.24, 2.45) is 17.1 Å². The fraction of sp³-hybridized carbons (Fsp3) is 1.00. The van der Waals surface area contributed by atoms with Gasteiger partial charge in [-0.25, -0.2) is 0 Å². The molecule has 1 fully saturated rings. The zero-order valence-electron chi connectivity index (χ0n) is 6.80. The van der Waals surface area contributed by atoms with Crippen LogP contribution in [0.3, 0.4) is 0 Å². The third-order valence-electron chi connectivity index (χ3n) is 2.91. The fourth-order valence-electron chi connectivity index (χ4n) is 1.55. The standard InChI is InChI=1S/C8H17NO/c1-6-5-8(6,2)7(10)3-4-9/h6-7,10H,3-5,9H2,1-2H3. The van der Waals surface area contributed by atoms with Crippen LogP contribution in [0.15, 0.2) is 0 Å². The van der Waals surface area contributed by atoms with E-state index >= 15 is 0 Å². The summed E-state index contributed by atoms with van der Waals surface area (Å²) in [5, 5.41) is 9.54. The minimum atomic E-state index is -0.174. The lowest BCUT2D eigenvalue weighted by atomic mass is 9.96. The van der Waals surface area contributed by atoms with Gasteiger partial charge < -0.3 is 10.8 Å². The summed E-state index contributed by atoms with van der Waals surface area (Å²) in [5.41, 5.74) is 5.53. The lowest BCUT2D eigenvalue weighted by Gasteiger charge is -2.17. The van der Waals surface area contributed by atoms with Crippen LogP contribution in [0.1, 0.15) is 26.7 Å². The Morgan fingerprint density at radius 2 is 2.30 bits per heavy atom. The van der Waals surface area contributed by atoms with Crippen LogP contribution in [0.5, 0.6) is 0 Å². The van der Waals surface area contributed by atoms with Gasteiger partial charge in [0.05, 0.1) is 6.10 Å². The Hall–Kier alpha value is -0.0800. The molecule has 1 rings (SSSR count). The van der Waals surface area contributed by atoms with E-state index in [9.17, 15) is 5.11 Å². The van der Waals surface area contributed by atoms with E-state index in [2.05, 4.69) is 13.8 Å². The molecule has 0 amide bonds. The summed E-state index contributed by atoms with van der Waals surface area (Å²) in [7, 11) is 0. The number of aliphatic hydroxyl groups is 1. The Labute approximate surface area is 62.4 Å². The van der Waals surface area contributed by atoms with Crippen LogP contribution in [-0.4, -0.2) is 17.8 Å². The quantitative estimate of drug-likeness (QED) is 0.612. The topological polar surface area (TPSA) is 46.2 Å². The van der Waals surface area contributed by atoms with E-state index in [0.29, 0.717) is 12.5 Å². The van der Waals surface area contributed by atoms with E-state index in [-0.39, 0.29) is 11.5 Å². The first-order chi connectivity index (χ1) is 4.61. The first-order valence-electron chi connectivity index (χ1n) is 3.99. The predicted octanol–water partition coefficient (Wildman–Crippen LogP) is 0.742. The molecule has 2 nitrogen and oxygen atoms in total. The number of rotatable bonds is 3. The molecule has 0 aromatic heterocycles. The van der Waals surface area contributed by atoms with Gasteiger partial charge in [-0.2, -0.15) is 0 Å². The molecule has 1 aliphatic rings. The van der Waals surface area contributed by atoms with Crippen molar-refractivity contribution < 1.29 is 5.11 Å². The van der Waals surface area contributed by atoms with Crippen LogP contribution in [0, 0.1) is 11.3 Å². The predicted molar refractivity (Wildman–Crippen MR) is 41.6 cm³/mol. The molecule has 2 heteroatoms. The molecule has 10 heavy (non-hydrogen) atoms. The second kappa shape index (κ2) is 2.51. The summed E-state index contributed by atoms with van der Waals surface area (Å²) >= 11 is 0. The highest BCUT2D eigenvalue weighted by Gasteiger charge is 2.51. The molecule has 0 radical (unpaired) electrons. The molecule has 0 bridgehead atoms. The Morgan fingerprint density at radius 3 is 2.60 bits per heavy atom. The second-order valence-electron chi connectivity index (χ2n) is 3.70. The van der Waals surface area contributed by atoms with E-state index in [1.807, 2.05) is 0 Å². The van der Waals surface area contributed by atoms with Crippen molar-refractivity contribution in [1.29, 1.82) is 0 Å². The van der Waals surface area contributed by atoms with Gasteiger partial charge >= 0.3 is 0 Å². The molecule has 3 unspecified atom stereocenters. The number of aliphatic hydroxyl groups excluding tert-OH is 1. The van der Waals surface area contributed by atoms with Crippen molar-refractivity contribution in [3.8, 4) is 0 Å². The molecular formula is C8H17NO. The zero-order valence-corrected chi connectivity index (χ0v) is 6.80. The maximum atomic E-state index is 9.54. The first kappa shape index (κ1) is 8.02. The highest BCUT2D eigenvalue weighted by molar-refractivity contribution is 5.00. The maximum Gasteiger partial charge on any atom is 0.0608 e. The van der Waals surface area contributed by atoms with E-state index in [4.69, 9.17) is 5.73 Å². The van der Waals surface area contributed by atoms with Crippen LogP contribution in [-0.2, 0) is 0 Å². The van der Waals surface area contributed by atoms with E-state index < -0.39 is 0 Å². The molecule has 0 aromatic rings. The van der Waals surface area contributed by atoms with Crippen molar-refractivity contribution in [2.75, 3.05) is 6.54 Å². The minimum Gasteiger partial charge on any atom is -0.393 e. The summed E-state index contributed by atoms with van der Waals surface area (Å²) in [6.07, 6.45) is 1.74. The van der Waals surface area contributed by atoms with Crippen LogP contribution < -0.4 is 5.73 Å². The fourth-order valence-corrected chi connectivity index (χ4v) is 1.55. The Balaban J connectivity index is 2.34. The lowest BCUT2D eigenvalue weighted by Crippen LogP contribution is -2.23. The van der Waals surface area contributed by atoms with Crippen LogP contribution in [0.4, 0.5) is 0 Å². The van der Waals surface area contributed by atoms with Crippen LogP contribution >= 0.6 is 0 Å². The van der Waals surface area contributed by atoms with Gasteiger partial charge in [-0.05, 0) is 30.7 Å². The number of hydrogen-bond acceptors (Lipinski definition) is 2. The summed E-state index contributed by atoms with van der Waals surface area (Å²) in [6, 6.07) is 0. The lowest BCUT2D eigenvalue weighted by molar-refractivity contribution is 0.0887. The van der Waals surface area contributed by atoms with Crippen molar-refractivity contribution in [3.63, 3.8) is 0 Å². The molecule has 0 spiro atoms. The van der Waals surface area contributed by atoms with Crippen LogP contribution in [0.25, 0.3) is 0 Å². The van der Waals surface area contributed by atoms with Crippen molar-refractivity contribution in [3.05, 3.63) is 0 Å². The van der Waals surface area contributed by atoms with Gasteiger partial charge in [0.25, 0.3) is 0 Å². The molecular weight excluding hydrogens is 126 g/mol. The smallest absolute Gasteiger partial charge is 0.0608 e. The summed E-state index contributed by atoms with van der Waals surface area (Å²) < 4.78 is 0. The first-order valence-corrected chi connectivity index (χ1v) is 3.99. The van der Waals surface area contributed by atoms with Gasteiger partial charge in [0.15, 0.2) is 0 Å². The summed E-state index contributed by atoms with van der Waals surface area (Å²) in [4.78, 5) is 0. The van der Waals surface area contributed by atoms with E-state index in [0.717, 1.165) is 12.8 Å². The second-order valence-corrected chi connectivity index (χ2v) is 3.70. The van der Waals surface area contributed by atoms with Gasteiger partial charge in [0.2, 0.25) is 0 Å². The molecule has 1 saturated carbocycles. The SMILES string of the molecule is CC1CC1(C)C(O)CCN. The molecule has 60 valence electrons. The van der Waals surface area contributed by atoms with E-state index in [1.54, 1.807) is 0 Å². The van der Waals surface area contributed by atoms with Crippen molar-refractivity contribution >= 4 is 0 Å². The molecule has 0 aliphatic heterocycles. The summed E-state index contributed by atoms with van der Waals surface area (Å²) in [6.45, 7) is 4.92. The van der Waals surface area contributed by atoms with Gasteiger partial charge in [0.1, 0.15) is 0 Å². The molecule has 0 heterocycles. The largest absolute Gasteiger partial charge is 0.393 e. The molecule has 3 atom stereocenters. The monoisotopic (exact) mass is 143 g/mol. The molecule has 0 saturated heterocycles. The number of hydrogen-bond donors (Lipinski definition) is 2. The van der Waals surface area contributed by atoms with E-state index in [1.165, 1.54) is 0 Å². The zero-order chi connectivity index (χ0) is 7.78. The highest BCUT2D eigenvalue weighted by Crippen LogP contribution is 2.54. The number of nitrogens with two attached hydrogens (primary N) is 1. The van der Waals surface area contributed by atoms with Gasteiger partial charge in [0, 0.05) is 0 Å².